The van der Waals surface area contributed by atoms with Gasteiger partial charge in [0.25, 0.3) is 5.91 Å². The summed E-state index contributed by atoms with van der Waals surface area (Å²) in [6, 6.07) is 23.5. The molecule has 1 fully saturated rings. The Morgan fingerprint density at radius 2 is 1.75 bits per heavy atom. The summed E-state index contributed by atoms with van der Waals surface area (Å²) in [4.78, 5) is 20.4. The lowest BCUT2D eigenvalue weighted by molar-refractivity contribution is -0.122. The minimum absolute atomic E-state index is 0.0656. The summed E-state index contributed by atoms with van der Waals surface area (Å²) in [5.41, 5.74) is 2.74. The summed E-state index contributed by atoms with van der Waals surface area (Å²) in [6.45, 7) is 1.56. The number of thioether (sulfide) groups is 1. The zero-order valence-corrected chi connectivity index (χ0v) is 23.1. The molecule has 36 heavy (non-hydrogen) atoms. The second-order valence-corrected chi connectivity index (χ2v) is 10.1. The maximum atomic E-state index is 13.3. The number of nitrogens with zero attached hydrogens (tertiary/aromatic N) is 2. The number of carbonyl (C=O) groups excluding carboxylic acids is 1. The van der Waals surface area contributed by atoms with Gasteiger partial charge < -0.3 is 14.2 Å². The van der Waals surface area contributed by atoms with Crippen molar-refractivity contribution in [2.24, 2.45) is 4.99 Å². The molecule has 1 saturated heterocycles. The predicted molar refractivity (Wildman–Crippen MR) is 154 cm³/mol. The zero-order valence-electron chi connectivity index (χ0n) is 20.1. The molecular weight excluding hydrogens is 587 g/mol. The van der Waals surface area contributed by atoms with Crippen LogP contribution in [0.3, 0.4) is 0 Å². The first-order chi connectivity index (χ1) is 17.6. The first kappa shape index (κ1) is 26.2. The lowest BCUT2D eigenvalue weighted by atomic mass is 10.1. The fourth-order valence-corrected chi connectivity index (χ4v) is 5.42. The van der Waals surface area contributed by atoms with E-state index in [0.717, 1.165) is 26.8 Å². The van der Waals surface area contributed by atoms with E-state index in [1.165, 1.54) is 11.8 Å². The Morgan fingerprint density at radius 1 is 1.03 bits per heavy atom. The molecule has 4 rings (SSSR count). The van der Waals surface area contributed by atoms with Gasteiger partial charge in [0.2, 0.25) is 0 Å². The number of benzene rings is 3. The van der Waals surface area contributed by atoms with Crippen molar-refractivity contribution in [1.82, 2.24) is 4.90 Å². The average molecular weight is 615 g/mol. The van der Waals surface area contributed by atoms with Gasteiger partial charge in [-0.05, 0) is 82.2 Å². The molecule has 0 bridgehead atoms. The van der Waals surface area contributed by atoms with Gasteiger partial charge in [0.05, 0.1) is 21.3 Å². The number of rotatable bonds is 10. The predicted octanol–water partition coefficient (Wildman–Crippen LogP) is 6.52. The van der Waals surface area contributed by atoms with Crippen molar-refractivity contribution >= 4 is 57.2 Å². The first-order valence-electron chi connectivity index (χ1n) is 11.5. The van der Waals surface area contributed by atoms with Crippen molar-refractivity contribution in [1.29, 1.82) is 0 Å². The largest absolute Gasteiger partial charge is 0.493 e. The number of hydrogen-bond acceptors (Lipinski definition) is 6. The van der Waals surface area contributed by atoms with Gasteiger partial charge in [-0.2, -0.15) is 0 Å². The number of halogens is 1. The molecule has 3 aromatic rings. The molecule has 1 aliphatic heterocycles. The molecule has 0 atom stereocenters. The molecule has 0 radical (unpaired) electrons. The molecule has 0 aliphatic carbocycles. The Morgan fingerprint density at radius 3 is 2.44 bits per heavy atom. The number of amides is 1. The molecule has 6 nitrogen and oxygen atoms in total. The van der Waals surface area contributed by atoms with Crippen LogP contribution in [0, 0.1) is 3.57 Å². The van der Waals surface area contributed by atoms with E-state index in [2.05, 4.69) is 22.6 Å². The number of carbonyl (C=O) groups is 1. The van der Waals surface area contributed by atoms with Crippen LogP contribution in [0.15, 0.2) is 82.7 Å². The molecule has 0 aromatic heterocycles. The average Bonchev–Trinajstić information content (AvgIpc) is 3.18. The Kier molecular flexibility index (Phi) is 9.43. The fraction of sp³-hybridized carbons (Fsp3) is 0.214. The Hall–Kier alpha value is -2.82. The standard InChI is InChI=1S/C28H27IN2O4S/c1-33-15-9-14-31-27(32)25(36-28(31)30-22-12-7-4-8-13-22)18-21-16-23(29)26(24(17-21)34-2)35-19-20-10-5-3-6-11-20/h3-8,10-13,16-18H,9,14-15,19H2,1-2H3/b25-18-,30-28?. The van der Waals surface area contributed by atoms with Gasteiger partial charge in [-0.1, -0.05) is 48.5 Å². The maximum absolute atomic E-state index is 13.3. The van der Waals surface area contributed by atoms with Crippen LogP contribution in [-0.2, 0) is 16.1 Å². The molecular formula is C28H27IN2O4S. The molecule has 0 N–H and O–H groups in total. The second kappa shape index (κ2) is 12.9. The van der Waals surface area contributed by atoms with Crippen molar-refractivity contribution in [3.63, 3.8) is 0 Å². The monoisotopic (exact) mass is 614 g/mol. The fourth-order valence-electron chi connectivity index (χ4n) is 3.61. The quantitative estimate of drug-likeness (QED) is 0.148. The molecule has 8 heteroatoms. The number of amidine groups is 1. The van der Waals surface area contributed by atoms with Crippen molar-refractivity contribution < 1.29 is 19.0 Å². The smallest absolute Gasteiger partial charge is 0.266 e. The second-order valence-electron chi connectivity index (χ2n) is 7.95. The summed E-state index contributed by atoms with van der Waals surface area (Å²) in [6.07, 6.45) is 2.61. The summed E-state index contributed by atoms with van der Waals surface area (Å²) in [5.74, 6) is 1.24. The van der Waals surface area contributed by atoms with E-state index in [1.54, 1.807) is 19.1 Å². The van der Waals surface area contributed by atoms with Gasteiger partial charge in [0.1, 0.15) is 6.61 Å². The third-order valence-corrected chi connectivity index (χ3v) is 7.18. The highest BCUT2D eigenvalue weighted by Gasteiger charge is 2.33. The van der Waals surface area contributed by atoms with E-state index in [-0.39, 0.29) is 5.91 Å². The van der Waals surface area contributed by atoms with Crippen LogP contribution in [0.1, 0.15) is 17.5 Å². The van der Waals surface area contributed by atoms with Crippen LogP contribution < -0.4 is 9.47 Å². The molecule has 0 spiro atoms. The molecule has 1 aliphatic rings. The third-order valence-electron chi connectivity index (χ3n) is 5.37. The van der Waals surface area contributed by atoms with Crippen molar-refractivity contribution in [2.75, 3.05) is 27.4 Å². The van der Waals surface area contributed by atoms with Crippen LogP contribution in [0.25, 0.3) is 6.08 Å². The Labute approximate surface area is 229 Å². The number of para-hydroxylation sites is 1. The van der Waals surface area contributed by atoms with Crippen LogP contribution in [0.5, 0.6) is 11.5 Å². The van der Waals surface area contributed by atoms with Crippen molar-refractivity contribution in [2.45, 2.75) is 13.0 Å². The van der Waals surface area contributed by atoms with Gasteiger partial charge in [0, 0.05) is 20.3 Å². The van der Waals surface area contributed by atoms with Gasteiger partial charge in [-0.25, -0.2) is 4.99 Å². The summed E-state index contributed by atoms with van der Waals surface area (Å²) in [5, 5.41) is 0.665. The third kappa shape index (κ3) is 6.68. The Balaban J connectivity index is 1.59. The summed E-state index contributed by atoms with van der Waals surface area (Å²) >= 11 is 3.62. The number of ether oxygens (including phenoxy) is 3. The number of methoxy groups -OCH3 is 2. The highest BCUT2D eigenvalue weighted by Crippen LogP contribution is 2.38. The maximum Gasteiger partial charge on any atom is 0.266 e. The number of aliphatic imine (C=N–C) groups is 1. The Bertz CT molecular complexity index is 1250. The van der Waals surface area contributed by atoms with E-state index >= 15 is 0 Å². The SMILES string of the molecule is COCCCN1C(=O)/C(=C/c2cc(I)c(OCc3ccccc3)c(OC)c2)SC1=Nc1ccccc1. The van der Waals surface area contributed by atoms with Crippen LogP contribution >= 0.6 is 34.4 Å². The molecule has 1 amide bonds. The van der Waals surface area contributed by atoms with Gasteiger partial charge in [0.15, 0.2) is 16.7 Å². The highest BCUT2D eigenvalue weighted by molar-refractivity contribution is 14.1. The lowest BCUT2D eigenvalue weighted by Crippen LogP contribution is -2.30. The van der Waals surface area contributed by atoms with Gasteiger partial charge in [-0.3, -0.25) is 9.69 Å². The van der Waals surface area contributed by atoms with Crippen LogP contribution in [-0.4, -0.2) is 43.3 Å². The minimum atomic E-state index is -0.0656. The van der Waals surface area contributed by atoms with E-state index < -0.39 is 0 Å². The zero-order chi connectivity index (χ0) is 25.3. The number of hydrogen-bond donors (Lipinski definition) is 0. The van der Waals surface area contributed by atoms with E-state index in [9.17, 15) is 4.79 Å². The van der Waals surface area contributed by atoms with Crippen LogP contribution in [0.2, 0.25) is 0 Å². The molecule has 0 saturated carbocycles. The summed E-state index contributed by atoms with van der Waals surface area (Å²) < 4.78 is 17.8. The van der Waals surface area contributed by atoms with Crippen molar-refractivity contribution in [3.8, 4) is 11.5 Å². The van der Waals surface area contributed by atoms with Gasteiger partial charge in [-0.15, -0.1) is 0 Å². The van der Waals surface area contributed by atoms with E-state index in [4.69, 9.17) is 19.2 Å². The normalized spacial score (nSPS) is 15.6. The molecule has 1 heterocycles. The topological polar surface area (TPSA) is 60.4 Å². The van der Waals surface area contributed by atoms with E-state index in [1.807, 2.05) is 78.9 Å². The van der Waals surface area contributed by atoms with Crippen LogP contribution in [0.4, 0.5) is 5.69 Å². The highest BCUT2D eigenvalue weighted by atomic mass is 127. The molecule has 0 unspecified atom stereocenters. The van der Waals surface area contributed by atoms with Crippen molar-refractivity contribution in [3.05, 3.63) is 92.4 Å². The minimum Gasteiger partial charge on any atom is -0.493 e. The van der Waals surface area contributed by atoms with Gasteiger partial charge >= 0.3 is 0 Å². The molecule has 3 aromatic carbocycles. The first-order valence-corrected chi connectivity index (χ1v) is 13.4. The van der Waals surface area contributed by atoms with E-state index in [0.29, 0.717) is 41.3 Å². The molecule has 186 valence electrons. The summed E-state index contributed by atoms with van der Waals surface area (Å²) in [7, 11) is 3.28. The lowest BCUT2D eigenvalue weighted by Gasteiger charge is -2.15.